The van der Waals surface area contributed by atoms with Crippen molar-refractivity contribution in [2.45, 2.75) is 53.2 Å². The van der Waals surface area contributed by atoms with Crippen LogP contribution >= 0.6 is 0 Å². The Morgan fingerprint density at radius 1 is 1.25 bits per heavy atom. The monoisotopic (exact) mass is 286 g/mol. The van der Waals surface area contributed by atoms with E-state index < -0.39 is 29.6 Å². The minimum absolute atomic E-state index is 0.0203. The first-order valence-electron chi connectivity index (χ1n) is 6.84. The fourth-order valence-electron chi connectivity index (χ4n) is 1.60. The zero-order valence-electron chi connectivity index (χ0n) is 13.2. The topological polar surface area (TPSA) is 72.8 Å². The standard InChI is InChI=1S/C15H26O5/c1-7-19-14(18)13(17)11(10(2)3)8-9-12(16)20-15(4,5)6/h8-11,13,17H,7H2,1-6H3/b9-8+/t11-,13+/m0/s1. The first-order valence-corrected chi connectivity index (χ1v) is 6.84. The van der Waals surface area contributed by atoms with Gasteiger partial charge in [-0.15, -0.1) is 0 Å². The Labute approximate surface area is 121 Å². The first kappa shape index (κ1) is 18.6. The number of carbonyl (C=O) groups is 2. The van der Waals surface area contributed by atoms with E-state index in [0.717, 1.165) is 0 Å². The van der Waals surface area contributed by atoms with Crippen LogP contribution in [0.1, 0.15) is 41.5 Å². The number of rotatable bonds is 6. The molecule has 0 unspecified atom stereocenters. The van der Waals surface area contributed by atoms with Gasteiger partial charge in [-0.05, 0) is 33.6 Å². The fourth-order valence-corrected chi connectivity index (χ4v) is 1.60. The first-order chi connectivity index (χ1) is 9.08. The van der Waals surface area contributed by atoms with Crippen molar-refractivity contribution >= 4 is 11.9 Å². The van der Waals surface area contributed by atoms with E-state index in [9.17, 15) is 14.7 Å². The highest BCUT2D eigenvalue weighted by Gasteiger charge is 2.28. The van der Waals surface area contributed by atoms with Crippen LogP contribution in [0.3, 0.4) is 0 Å². The maximum Gasteiger partial charge on any atom is 0.335 e. The van der Waals surface area contributed by atoms with Crippen LogP contribution < -0.4 is 0 Å². The van der Waals surface area contributed by atoms with Gasteiger partial charge in [0, 0.05) is 12.0 Å². The minimum Gasteiger partial charge on any atom is -0.464 e. The zero-order chi connectivity index (χ0) is 15.9. The van der Waals surface area contributed by atoms with E-state index >= 15 is 0 Å². The van der Waals surface area contributed by atoms with Crippen LogP contribution in [-0.4, -0.2) is 35.4 Å². The summed E-state index contributed by atoms with van der Waals surface area (Å²) in [6, 6.07) is 0. The van der Waals surface area contributed by atoms with E-state index in [-0.39, 0.29) is 12.5 Å². The van der Waals surface area contributed by atoms with Crippen molar-refractivity contribution in [1.82, 2.24) is 0 Å². The molecule has 20 heavy (non-hydrogen) atoms. The summed E-state index contributed by atoms with van der Waals surface area (Å²) in [4.78, 5) is 23.1. The minimum atomic E-state index is -1.28. The molecule has 0 saturated carbocycles. The lowest BCUT2D eigenvalue weighted by Crippen LogP contribution is -2.33. The van der Waals surface area contributed by atoms with E-state index in [0.29, 0.717) is 0 Å². The molecule has 116 valence electrons. The third-order valence-corrected chi connectivity index (χ3v) is 2.52. The summed E-state index contributed by atoms with van der Waals surface area (Å²) in [6.07, 6.45) is 1.47. The van der Waals surface area contributed by atoms with E-state index in [1.165, 1.54) is 12.2 Å². The SMILES string of the molecule is CCOC(=O)[C@H](O)[C@@H](/C=C/C(=O)OC(C)(C)C)C(C)C. The van der Waals surface area contributed by atoms with Crippen molar-refractivity contribution in [3.63, 3.8) is 0 Å². The van der Waals surface area contributed by atoms with Crippen molar-refractivity contribution in [3.8, 4) is 0 Å². The Morgan fingerprint density at radius 3 is 2.20 bits per heavy atom. The van der Waals surface area contributed by atoms with E-state index in [2.05, 4.69) is 0 Å². The third kappa shape index (κ3) is 7.28. The lowest BCUT2D eigenvalue weighted by molar-refractivity contribution is -0.156. The van der Waals surface area contributed by atoms with Crippen LogP contribution in [0.15, 0.2) is 12.2 Å². The molecule has 0 aromatic rings. The molecule has 0 rings (SSSR count). The molecule has 0 aliphatic carbocycles. The van der Waals surface area contributed by atoms with Crippen LogP contribution in [0.5, 0.6) is 0 Å². The average molecular weight is 286 g/mol. The summed E-state index contributed by atoms with van der Waals surface area (Å²) < 4.78 is 9.92. The molecule has 2 atom stereocenters. The third-order valence-electron chi connectivity index (χ3n) is 2.52. The Hall–Kier alpha value is -1.36. The second-order valence-corrected chi connectivity index (χ2v) is 5.91. The molecule has 0 aromatic carbocycles. The largest absolute Gasteiger partial charge is 0.464 e. The number of aliphatic hydroxyl groups excluding tert-OH is 1. The second kappa shape index (κ2) is 8.04. The molecular formula is C15H26O5. The van der Waals surface area contributed by atoms with E-state index in [1.807, 2.05) is 13.8 Å². The van der Waals surface area contributed by atoms with Crippen LogP contribution in [-0.2, 0) is 19.1 Å². The molecule has 0 radical (unpaired) electrons. The van der Waals surface area contributed by atoms with Gasteiger partial charge in [-0.1, -0.05) is 19.9 Å². The highest BCUT2D eigenvalue weighted by molar-refractivity contribution is 5.82. The number of ether oxygens (including phenoxy) is 2. The number of hydrogen-bond donors (Lipinski definition) is 1. The molecule has 0 aliphatic heterocycles. The summed E-state index contributed by atoms with van der Waals surface area (Å²) in [5.41, 5.74) is -0.575. The summed E-state index contributed by atoms with van der Waals surface area (Å²) in [5.74, 6) is -1.70. The maximum absolute atomic E-state index is 11.6. The van der Waals surface area contributed by atoms with Crippen LogP contribution in [0.2, 0.25) is 0 Å². The predicted molar refractivity (Wildman–Crippen MR) is 76.0 cm³/mol. The van der Waals surface area contributed by atoms with Crippen LogP contribution in [0.25, 0.3) is 0 Å². The average Bonchev–Trinajstić information content (AvgIpc) is 2.26. The van der Waals surface area contributed by atoms with Gasteiger partial charge >= 0.3 is 11.9 Å². The number of esters is 2. The van der Waals surface area contributed by atoms with Gasteiger partial charge < -0.3 is 14.6 Å². The molecule has 5 heteroatoms. The Balaban J connectivity index is 4.78. The number of aliphatic hydroxyl groups is 1. The van der Waals surface area contributed by atoms with Crippen molar-refractivity contribution in [1.29, 1.82) is 0 Å². The van der Waals surface area contributed by atoms with Gasteiger partial charge in [0.15, 0.2) is 6.10 Å². The molecule has 0 aliphatic rings. The van der Waals surface area contributed by atoms with Gasteiger partial charge in [-0.2, -0.15) is 0 Å². The number of carbonyl (C=O) groups excluding carboxylic acids is 2. The Morgan fingerprint density at radius 2 is 1.80 bits per heavy atom. The van der Waals surface area contributed by atoms with E-state index in [4.69, 9.17) is 9.47 Å². The van der Waals surface area contributed by atoms with Gasteiger partial charge in [-0.25, -0.2) is 9.59 Å². The molecule has 0 aromatic heterocycles. The summed E-state index contributed by atoms with van der Waals surface area (Å²) >= 11 is 0. The maximum atomic E-state index is 11.6. The molecule has 0 fully saturated rings. The van der Waals surface area contributed by atoms with Crippen molar-refractivity contribution in [3.05, 3.63) is 12.2 Å². The summed E-state index contributed by atoms with van der Waals surface area (Å²) in [5, 5.41) is 9.95. The quantitative estimate of drug-likeness (QED) is 0.598. The van der Waals surface area contributed by atoms with Crippen LogP contribution in [0, 0.1) is 11.8 Å². The highest BCUT2D eigenvalue weighted by Crippen LogP contribution is 2.19. The van der Waals surface area contributed by atoms with Crippen LogP contribution in [0.4, 0.5) is 0 Å². The molecule has 5 nitrogen and oxygen atoms in total. The Kier molecular flexibility index (Phi) is 7.50. The van der Waals surface area contributed by atoms with Gasteiger partial charge in [-0.3, -0.25) is 0 Å². The smallest absolute Gasteiger partial charge is 0.335 e. The predicted octanol–water partition coefficient (Wildman–Crippen LogP) is 2.08. The van der Waals surface area contributed by atoms with Crippen molar-refractivity contribution in [2.24, 2.45) is 11.8 Å². The second-order valence-electron chi connectivity index (χ2n) is 5.91. The van der Waals surface area contributed by atoms with Crippen molar-refractivity contribution in [2.75, 3.05) is 6.61 Å². The highest BCUT2D eigenvalue weighted by atomic mass is 16.6. The van der Waals surface area contributed by atoms with Gasteiger partial charge in [0.05, 0.1) is 6.61 Å². The van der Waals surface area contributed by atoms with E-state index in [1.54, 1.807) is 27.7 Å². The molecule has 0 heterocycles. The molecule has 0 bridgehead atoms. The lowest BCUT2D eigenvalue weighted by Gasteiger charge is -2.22. The number of hydrogen-bond acceptors (Lipinski definition) is 5. The summed E-state index contributed by atoms with van der Waals surface area (Å²) in [6.45, 7) is 10.9. The Bertz CT molecular complexity index is 352. The summed E-state index contributed by atoms with van der Waals surface area (Å²) in [7, 11) is 0. The molecule has 0 saturated heterocycles. The molecule has 0 amide bonds. The van der Waals surface area contributed by atoms with Gasteiger partial charge in [0.1, 0.15) is 5.60 Å². The molecular weight excluding hydrogens is 260 g/mol. The zero-order valence-corrected chi connectivity index (χ0v) is 13.2. The molecule has 1 N–H and O–H groups in total. The normalized spacial score (nSPS) is 15.2. The van der Waals surface area contributed by atoms with Gasteiger partial charge in [0.25, 0.3) is 0 Å². The lowest BCUT2D eigenvalue weighted by atomic mass is 9.90. The fraction of sp³-hybridized carbons (Fsp3) is 0.733. The van der Waals surface area contributed by atoms with Crippen molar-refractivity contribution < 1.29 is 24.2 Å². The van der Waals surface area contributed by atoms with Gasteiger partial charge in [0.2, 0.25) is 0 Å². The molecule has 0 spiro atoms.